The Morgan fingerprint density at radius 3 is 2.43 bits per heavy atom. The number of hydrogen-bond acceptors (Lipinski definition) is 4. The van der Waals surface area contributed by atoms with Crippen LogP contribution in [0.1, 0.15) is 0 Å². The fraction of sp³-hybridized carbons (Fsp3) is 0. The zero-order valence-corrected chi connectivity index (χ0v) is 11.5. The smallest absolute Gasteiger partial charge is 0.271 e. The van der Waals surface area contributed by atoms with Crippen molar-refractivity contribution >= 4 is 26.4 Å². The first-order valence-electron chi connectivity index (χ1n) is 6.06. The quantitative estimate of drug-likeness (QED) is 0.594. The van der Waals surface area contributed by atoms with Crippen LogP contribution < -0.4 is 0 Å². The third-order valence-corrected chi connectivity index (χ3v) is 4.99. The highest BCUT2D eigenvalue weighted by Crippen LogP contribution is 2.30. The molecule has 0 amide bonds. The van der Waals surface area contributed by atoms with Crippen LogP contribution >= 0.6 is 0 Å². The molecule has 0 bridgehead atoms. The summed E-state index contributed by atoms with van der Waals surface area (Å²) < 4.78 is 25.1. The SMILES string of the molecule is O=[N+]([O-])c1ccc2c(S(=O)(=O)c3ccccc3)c[nH]c2c1. The lowest BCUT2D eigenvalue weighted by Gasteiger charge is -2.02. The molecule has 7 heteroatoms. The first-order chi connectivity index (χ1) is 10.00. The molecule has 0 radical (unpaired) electrons. The number of H-pyrrole nitrogens is 1. The molecule has 0 aliphatic heterocycles. The maximum Gasteiger partial charge on any atom is 0.271 e. The van der Waals surface area contributed by atoms with Gasteiger partial charge in [0.05, 0.1) is 20.2 Å². The molecule has 0 unspecified atom stereocenters. The molecule has 106 valence electrons. The number of nitro groups is 1. The van der Waals surface area contributed by atoms with E-state index in [4.69, 9.17) is 0 Å². The molecule has 6 nitrogen and oxygen atoms in total. The fourth-order valence-corrected chi connectivity index (χ4v) is 3.60. The Labute approximate surface area is 120 Å². The molecule has 3 aromatic rings. The van der Waals surface area contributed by atoms with Crippen LogP contribution in [0.25, 0.3) is 10.9 Å². The van der Waals surface area contributed by atoms with Crippen molar-refractivity contribution in [3.63, 3.8) is 0 Å². The number of fused-ring (bicyclic) bond motifs is 1. The van der Waals surface area contributed by atoms with Crippen molar-refractivity contribution in [3.05, 3.63) is 64.8 Å². The molecular formula is C14H10N2O4S. The lowest BCUT2D eigenvalue weighted by molar-refractivity contribution is -0.384. The molecular weight excluding hydrogens is 292 g/mol. The van der Waals surface area contributed by atoms with Crippen LogP contribution in [0.5, 0.6) is 0 Å². The Hall–Kier alpha value is -2.67. The van der Waals surface area contributed by atoms with Crippen LogP contribution in [-0.4, -0.2) is 18.3 Å². The minimum atomic E-state index is -3.66. The standard InChI is InChI=1S/C14H10N2O4S/c17-16(18)10-6-7-12-13(8-10)15-9-14(12)21(19,20)11-4-2-1-3-5-11/h1-9,15H. The predicted octanol–water partition coefficient (Wildman–Crippen LogP) is 2.91. The Morgan fingerprint density at radius 1 is 1.05 bits per heavy atom. The molecule has 21 heavy (non-hydrogen) atoms. The second-order valence-corrected chi connectivity index (χ2v) is 6.37. The van der Waals surface area contributed by atoms with E-state index in [9.17, 15) is 18.5 Å². The van der Waals surface area contributed by atoms with Crippen molar-refractivity contribution in [2.45, 2.75) is 9.79 Å². The van der Waals surface area contributed by atoms with E-state index in [-0.39, 0.29) is 15.5 Å². The normalized spacial score (nSPS) is 11.6. The van der Waals surface area contributed by atoms with Crippen molar-refractivity contribution < 1.29 is 13.3 Å². The molecule has 0 aliphatic carbocycles. The zero-order valence-electron chi connectivity index (χ0n) is 10.7. The molecule has 1 N–H and O–H groups in total. The van der Waals surface area contributed by atoms with Gasteiger partial charge >= 0.3 is 0 Å². The highest BCUT2D eigenvalue weighted by Gasteiger charge is 2.22. The van der Waals surface area contributed by atoms with Crippen LogP contribution in [0.15, 0.2) is 64.5 Å². The molecule has 1 aromatic heterocycles. The summed E-state index contributed by atoms with van der Waals surface area (Å²) in [5.41, 5.74) is 0.326. The van der Waals surface area contributed by atoms with Crippen LogP contribution in [0.2, 0.25) is 0 Å². The largest absolute Gasteiger partial charge is 0.360 e. The number of hydrogen-bond donors (Lipinski definition) is 1. The van der Waals surface area contributed by atoms with Gasteiger partial charge in [-0.15, -0.1) is 0 Å². The number of aromatic amines is 1. The molecule has 0 fully saturated rings. The van der Waals surface area contributed by atoms with Gasteiger partial charge < -0.3 is 4.98 Å². The summed E-state index contributed by atoms with van der Waals surface area (Å²) >= 11 is 0. The first kappa shape index (κ1) is 13.3. The summed E-state index contributed by atoms with van der Waals surface area (Å²) in [6.07, 6.45) is 1.36. The average molecular weight is 302 g/mol. The van der Waals surface area contributed by atoms with Gasteiger partial charge in [-0.05, 0) is 18.2 Å². The Bertz CT molecular complexity index is 930. The maximum absolute atomic E-state index is 12.6. The number of non-ortho nitro benzene ring substituents is 1. The summed E-state index contributed by atoms with van der Waals surface area (Å²) in [6, 6.07) is 12.1. The van der Waals surface area contributed by atoms with E-state index in [1.54, 1.807) is 18.2 Å². The van der Waals surface area contributed by atoms with E-state index in [0.29, 0.717) is 10.9 Å². The van der Waals surface area contributed by atoms with Gasteiger partial charge in [0.2, 0.25) is 9.84 Å². The lowest BCUT2D eigenvalue weighted by Crippen LogP contribution is -2.00. The Balaban J connectivity index is 2.20. The summed E-state index contributed by atoms with van der Waals surface area (Å²) in [4.78, 5) is 13.3. The number of nitrogens with one attached hydrogen (secondary N) is 1. The topological polar surface area (TPSA) is 93.1 Å². The van der Waals surface area contributed by atoms with Gasteiger partial charge in [0, 0.05) is 23.7 Å². The van der Waals surface area contributed by atoms with Crippen LogP contribution in [-0.2, 0) is 9.84 Å². The second kappa shape index (κ2) is 4.71. The van der Waals surface area contributed by atoms with Gasteiger partial charge in [-0.1, -0.05) is 18.2 Å². The minimum Gasteiger partial charge on any atom is -0.360 e. The third-order valence-electron chi connectivity index (χ3n) is 3.18. The van der Waals surface area contributed by atoms with Gasteiger partial charge in [0.15, 0.2) is 0 Å². The number of aromatic nitrogens is 1. The van der Waals surface area contributed by atoms with Gasteiger partial charge in [-0.3, -0.25) is 10.1 Å². The van der Waals surface area contributed by atoms with Crippen molar-refractivity contribution in [3.8, 4) is 0 Å². The molecule has 0 atom stereocenters. The van der Waals surface area contributed by atoms with Gasteiger partial charge in [-0.25, -0.2) is 8.42 Å². The number of nitro benzene ring substituents is 1. The number of nitrogens with zero attached hydrogens (tertiary/aromatic N) is 1. The van der Waals surface area contributed by atoms with E-state index in [1.807, 2.05) is 0 Å². The summed E-state index contributed by atoms with van der Waals surface area (Å²) in [6.45, 7) is 0. The maximum atomic E-state index is 12.6. The minimum absolute atomic E-state index is 0.0898. The van der Waals surface area contributed by atoms with E-state index in [1.165, 1.54) is 36.5 Å². The highest BCUT2D eigenvalue weighted by atomic mass is 32.2. The molecule has 0 spiro atoms. The van der Waals surface area contributed by atoms with E-state index < -0.39 is 14.8 Å². The number of sulfone groups is 1. The van der Waals surface area contributed by atoms with E-state index in [0.717, 1.165) is 0 Å². The van der Waals surface area contributed by atoms with E-state index in [2.05, 4.69) is 4.98 Å². The first-order valence-corrected chi connectivity index (χ1v) is 7.54. The third kappa shape index (κ3) is 2.17. The monoisotopic (exact) mass is 302 g/mol. The summed E-state index contributed by atoms with van der Waals surface area (Å²) in [5.74, 6) is 0. The average Bonchev–Trinajstić information content (AvgIpc) is 2.91. The second-order valence-electron chi connectivity index (χ2n) is 4.46. The van der Waals surface area contributed by atoms with Crippen molar-refractivity contribution in [1.82, 2.24) is 4.98 Å². The molecule has 0 saturated heterocycles. The van der Waals surface area contributed by atoms with Crippen LogP contribution in [0.3, 0.4) is 0 Å². The predicted molar refractivity (Wildman–Crippen MR) is 76.8 cm³/mol. The Morgan fingerprint density at radius 2 is 1.76 bits per heavy atom. The molecule has 2 aromatic carbocycles. The van der Waals surface area contributed by atoms with Crippen LogP contribution in [0, 0.1) is 10.1 Å². The number of benzene rings is 2. The molecule has 3 rings (SSSR count). The lowest BCUT2D eigenvalue weighted by atomic mass is 10.2. The summed E-state index contributed by atoms with van der Waals surface area (Å²) in [5, 5.41) is 11.2. The number of rotatable bonds is 3. The van der Waals surface area contributed by atoms with Crippen molar-refractivity contribution in [1.29, 1.82) is 0 Å². The van der Waals surface area contributed by atoms with Gasteiger partial charge in [-0.2, -0.15) is 0 Å². The van der Waals surface area contributed by atoms with Crippen LogP contribution in [0.4, 0.5) is 5.69 Å². The molecule has 0 aliphatic rings. The fourth-order valence-electron chi connectivity index (χ4n) is 2.15. The van der Waals surface area contributed by atoms with Gasteiger partial charge in [0.25, 0.3) is 5.69 Å². The van der Waals surface area contributed by atoms with Crippen molar-refractivity contribution in [2.75, 3.05) is 0 Å². The zero-order chi connectivity index (χ0) is 15.0. The summed E-state index contributed by atoms with van der Waals surface area (Å²) in [7, 11) is -3.66. The van der Waals surface area contributed by atoms with Crippen molar-refractivity contribution in [2.24, 2.45) is 0 Å². The Kier molecular flexibility index (Phi) is 2.99. The highest BCUT2D eigenvalue weighted by molar-refractivity contribution is 7.91. The molecule has 1 heterocycles. The molecule has 0 saturated carbocycles. The van der Waals surface area contributed by atoms with E-state index >= 15 is 0 Å². The van der Waals surface area contributed by atoms with Gasteiger partial charge in [0.1, 0.15) is 0 Å².